The lowest BCUT2D eigenvalue weighted by Gasteiger charge is -2.08. The lowest BCUT2D eigenvalue weighted by Crippen LogP contribution is -2.22. The molecule has 0 aliphatic carbocycles. The topological polar surface area (TPSA) is 60.3 Å². The van der Waals surface area contributed by atoms with Crippen LogP contribution in [0, 0.1) is 0 Å². The number of nitrogens with zero attached hydrogens (tertiary/aromatic N) is 1. The highest BCUT2D eigenvalue weighted by Gasteiger charge is 2.23. The van der Waals surface area contributed by atoms with Crippen LogP contribution in [0.15, 0.2) is 11.1 Å². The largest absolute Gasteiger partial charge is 0.465 e. The van der Waals surface area contributed by atoms with Crippen LogP contribution in [-0.2, 0) is 22.5 Å². The summed E-state index contributed by atoms with van der Waals surface area (Å²) in [4.78, 5) is 22.6. The number of fused-ring (bicyclic) bond motifs is 1. The molecule has 0 bridgehead atoms. The number of aryl methyl sites for hydroxylation is 1. The molecule has 0 unspecified atom stereocenters. The Morgan fingerprint density at radius 3 is 3.00 bits per heavy atom. The first-order valence-corrected chi connectivity index (χ1v) is 7.30. The molecule has 1 amide bonds. The molecule has 0 saturated heterocycles. The van der Waals surface area contributed by atoms with Crippen molar-refractivity contribution >= 4 is 23.6 Å². The van der Waals surface area contributed by atoms with Crippen LogP contribution < -0.4 is 5.32 Å². The lowest BCUT2D eigenvalue weighted by molar-refractivity contribution is -0.118. The van der Waals surface area contributed by atoms with Crippen molar-refractivity contribution in [1.29, 1.82) is 0 Å². The molecule has 2 rings (SSSR count). The van der Waals surface area contributed by atoms with Gasteiger partial charge in [-0.25, -0.2) is 4.79 Å². The minimum absolute atomic E-state index is 0.0332. The van der Waals surface area contributed by atoms with Crippen LogP contribution in [0.3, 0.4) is 0 Å². The molecule has 0 fully saturated rings. The van der Waals surface area contributed by atoms with E-state index in [-0.39, 0.29) is 11.9 Å². The van der Waals surface area contributed by atoms with Gasteiger partial charge in [0.25, 0.3) is 0 Å². The lowest BCUT2D eigenvalue weighted by atomic mass is 10.2. The van der Waals surface area contributed by atoms with Crippen LogP contribution in [0.5, 0.6) is 0 Å². The number of ether oxygens (including phenoxy) is 1. The van der Waals surface area contributed by atoms with Crippen LogP contribution in [0.4, 0.5) is 0 Å². The zero-order valence-electron chi connectivity index (χ0n) is 11.2. The predicted molar refractivity (Wildman–Crippen MR) is 73.5 cm³/mol. The highest BCUT2D eigenvalue weighted by atomic mass is 32.2. The monoisotopic (exact) mass is 282 g/mol. The van der Waals surface area contributed by atoms with Gasteiger partial charge >= 0.3 is 5.97 Å². The van der Waals surface area contributed by atoms with Gasteiger partial charge in [-0.15, -0.1) is 11.8 Å². The number of carbonyl (C=O) groups is 2. The number of hydrogen-bond donors (Lipinski definition) is 1. The number of hydrogen-bond acceptors (Lipinski definition) is 4. The summed E-state index contributed by atoms with van der Waals surface area (Å²) in [6.45, 7) is 3.05. The number of nitrogens with one attached hydrogen (secondary N) is 1. The van der Waals surface area contributed by atoms with Gasteiger partial charge in [0.1, 0.15) is 0 Å². The van der Waals surface area contributed by atoms with E-state index in [1.807, 2.05) is 6.07 Å². The summed E-state index contributed by atoms with van der Waals surface area (Å²) in [5.74, 6) is 0.422. The number of methoxy groups -OCH3 is 1. The first-order valence-electron chi connectivity index (χ1n) is 6.31. The average molecular weight is 282 g/mol. The van der Waals surface area contributed by atoms with Crippen LogP contribution >= 0.6 is 11.8 Å². The molecule has 1 aromatic heterocycles. The van der Waals surface area contributed by atoms with Gasteiger partial charge in [-0.05, 0) is 18.9 Å². The summed E-state index contributed by atoms with van der Waals surface area (Å²) in [5, 5.41) is 3.72. The Labute approximate surface area is 116 Å². The van der Waals surface area contributed by atoms with Crippen LogP contribution in [0.2, 0.25) is 0 Å². The zero-order chi connectivity index (χ0) is 13.8. The molecule has 0 radical (unpaired) electrons. The molecule has 0 spiro atoms. The van der Waals surface area contributed by atoms with Crippen molar-refractivity contribution in [3.05, 3.63) is 17.3 Å². The molecule has 2 heterocycles. The van der Waals surface area contributed by atoms with Crippen molar-refractivity contribution in [2.45, 2.75) is 31.3 Å². The molecular formula is C13H18N2O3S. The van der Waals surface area contributed by atoms with Crippen molar-refractivity contribution in [3.63, 3.8) is 0 Å². The average Bonchev–Trinajstić information content (AvgIpc) is 2.94. The molecule has 0 aromatic carbocycles. The number of rotatable bonds is 5. The molecular weight excluding hydrogens is 264 g/mol. The predicted octanol–water partition coefficient (Wildman–Crippen LogP) is 1.45. The second-order valence-corrected chi connectivity index (χ2v) is 5.52. The Bertz CT molecular complexity index is 496. The summed E-state index contributed by atoms with van der Waals surface area (Å²) >= 11 is 1.59. The molecule has 1 aliphatic heterocycles. The molecule has 104 valence electrons. The zero-order valence-corrected chi connectivity index (χ0v) is 12.0. The van der Waals surface area contributed by atoms with Gasteiger partial charge in [0.05, 0.1) is 17.7 Å². The Kier molecular flexibility index (Phi) is 4.52. The third-order valence-electron chi connectivity index (χ3n) is 3.07. The molecule has 19 heavy (non-hydrogen) atoms. The van der Waals surface area contributed by atoms with E-state index in [0.29, 0.717) is 12.1 Å². The number of esters is 1. The minimum atomic E-state index is -0.288. The van der Waals surface area contributed by atoms with Gasteiger partial charge in [0.2, 0.25) is 5.91 Å². The van der Waals surface area contributed by atoms with Crippen molar-refractivity contribution in [2.24, 2.45) is 0 Å². The SMILES string of the molecule is COC(=O)c1cc2n(c1SCCNC(C)=O)CCC2. The minimum Gasteiger partial charge on any atom is -0.465 e. The van der Waals surface area contributed by atoms with Gasteiger partial charge in [0.15, 0.2) is 0 Å². The highest BCUT2D eigenvalue weighted by molar-refractivity contribution is 7.99. The van der Waals surface area contributed by atoms with Gasteiger partial charge < -0.3 is 14.6 Å². The smallest absolute Gasteiger partial charge is 0.340 e. The summed E-state index contributed by atoms with van der Waals surface area (Å²) in [6, 6.07) is 1.93. The molecule has 1 N–H and O–H groups in total. The fraction of sp³-hybridized carbons (Fsp3) is 0.538. The second-order valence-electron chi connectivity index (χ2n) is 4.43. The maximum atomic E-state index is 11.8. The van der Waals surface area contributed by atoms with Crippen LogP contribution in [-0.4, -0.2) is 35.9 Å². The Balaban J connectivity index is 2.09. The Morgan fingerprint density at radius 2 is 2.32 bits per heavy atom. The summed E-state index contributed by atoms with van der Waals surface area (Å²) in [6.07, 6.45) is 2.13. The molecule has 1 aliphatic rings. The third-order valence-corrected chi connectivity index (χ3v) is 4.19. The van der Waals surface area contributed by atoms with Gasteiger partial charge in [-0.2, -0.15) is 0 Å². The first kappa shape index (κ1) is 14.0. The quantitative estimate of drug-likeness (QED) is 0.504. The van der Waals surface area contributed by atoms with Crippen LogP contribution in [0.1, 0.15) is 29.4 Å². The van der Waals surface area contributed by atoms with E-state index < -0.39 is 0 Å². The standard InChI is InChI=1S/C13H18N2O3S/c1-9(16)14-5-7-19-12-11(13(17)18-2)8-10-4-3-6-15(10)12/h8H,3-7H2,1-2H3,(H,14,16). The molecule has 6 heteroatoms. The van der Waals surface area contributed by atoms with E-state index in [9.17, 15) is 9.59 Å². The highest BCUT2D eigenvalue weighted by Crippen LogP contribution is 2.31. The van der Waals surface area contributed by atoms with Gasteiger partial charge in [0, 0.05) is 31.5 Å². The summed E-state index contributed by atoms with van der Waals surface area (Å²) < 4.78 is 7.01. The number of thioether (sulfide) groups is 1. The number of amides is 1. The fourth-order valence-electron chi connectivity index (χ4n) is 2.24. The van der Waals surface area contributed by atoms with E-state index in [1.54, 1.807) is 11.8 Å². The maximum Gasteiger partial charge on any atom is 0.340 e. The number of carbonyl (C=O) groups excluding carboxylic acids is 2. The van der Waals surface area contributed by atoms with Crippen molar-refractivity contribution < 1.29 is 14.3 Å². The Morgan fingerprint density at radius 1 is 1.53 bits per heavy atom. The van der Waals surface area contributed by atoms with E-state index in [0.717, 1.165) is 30.2 Å². The van der Waals surface area contributed by atoms with Gasteiger partial charge in [-0.3, -0.25) is 4.79 Å². The van der Waals surface area contributed by atoms with Gasteiger partial charge in [-0.1, -0.05) is 0 Å². The van der Waals surface area contributed by atoms with E-state index in [4.69, 9.17) is 4.74 Å². The summed E-state index contributed by atoms with van der Waals surface area (Å²) in [7, 11) is 1.40. The van der Waals surface area contributed by atoms with Crippen molar-refractivity contribution in [1.82, 2.24) is 9.88 Å². The fourth-order valence-corrected chi connectivity index (χ4v) is 3.30. The van der Waals surface area contributed by atoms with E-state index in [2.05, 4.69) is 9.88 Å². The maximum absolute atomic E-state index is 11.8. The van der Waals surface area contributed by atoms with Crippen LogP contribution in [0.25, 0.3) is 0 Å². The van der Waals surface area contributed by atoms with Crippen molar-refractivity contribution in [2.75, 3.05) is 19.4 Å². The second kappa shape index (κ2) is 6.14. The summed E-state index contributed by atoms with van der Waals surface area (Å²) in [5.41, 5.74) is 1.84. The normalized spacial score (nSPS) is 13.2. The van der Waals surface area contributed by atoms with E-state index >= 15 is 0 Å². The Hall–Kier alpha value is -1.43. The number of aromatic nitrogens is 1. The van der Waals surface area contributed by atoms with E-state index in [1.165, 1.54) is 19.7 Å². The third kappa shape index (κ3) is 3.12. The first-order chi connectivity index (χ1) is 9.13. The molecule has 5 nitrogen and oxygen atoms in total. The molecule has 0 saturated carbocycles. The molecule has 1 aromatic rings. The molecule has 0 atom stereocenters. The van der Waals surface area contributed by atoms with Crippen molar-refractivity contribution in [3.8, 4) is 0 Å².